The Morgan fingerprint density at radius 1 is 1.21 bits per heavy atom. The molecule has 3 heterocycles. The van der Waals surface area contributed by atoms with Crippen molar-refractivity contribution >= 4 is 5.91 Å². The zero-order chi connectivity index (χ0) is 19.1. The van der Waals surface area contributed by atoms with Gasteiger partial charge in [-0.15, -0.1) is 0 Å². The molecule has 28 heavy (non-hydrogen) atoms. The molecule has 5 rings (SSSR count). The van der Waals surface area contributed by atoms with E-state index in [1.54, 1.807) is 0 Å². The van der Waals surface area contributed by atoms with Crippen LogP contribution in [-0.4, -0.2) is 40.4 Å². The molecule has 1 amide bonds. The van der Waals surface area contributed by atoms with E-state index in [1.165, 1.54) is 12.8 Å². The first-order valence-corrected chi connectivity index (χ1v) is 10.4. The van der Waals surface area contributed by atoms with E-state index in [0.717, 1.165) is 54.1 Å². The van der Waals surface area contributed by atoms with Crippen LogP contribution in [0.3, 0.4) is 0 Å². The van der Waals surface area contributed by atoms with E-state index in [0.29, 0.717) is 31.3 Å². The fourth-order valence-electron chi connectivity index (χ4n) is 4.49. The summed E-state index contributed by atoms with van der Waals surface area (Å²) in [5.74, 6) is 1.88. The molecule has 2 aromatic rings. The average Bonchev–Trinajstić information content (AvgIpc) is 3.35. The molecule has 2 fully saturated rings. The maximum absolute atomic E-state index is 13.3. The van der Waals surface area contributed by atoms with Crippen LogP contribution in [0, 0.1) is 5.92 Å². The van der Waals surface area contributed by atoms with Crippen molar-refractivity contribution in [3.05, 3.63) is 62.8 Å². The molecule has 6 heteroatoms. The van der Waals surface area contributed by atoms with Gasteiger partial charge in [0.05, 0.1) is 12.2 Å². The standard InChI is InChI=1S/C22H26N4O2/c27-21-18-8-10-26(13-19(18)24-20(25-21)11-14-5-6-14)22(28)17-4-2-1-3-16(17)15-7-9-23-12-15/h1-4,14-15,23H,5-13H2,(H,24,25,27). The number of fused-ring (bicyclic) bond motifs is 1. The molecule has 0 radical (unpaired) electrons. The van der Waals surface area contributed by atoms with Crippen LogP contribution in [0.4, 0.5) is 0 Å². The summed E-state index contributed by atoms with van der Waals surface area (Å²) in [5, 5.41) is 3.39. The van der Waals surface area contributed by atoms with Gasteiger partial charge in [-0.1, -0.05) is 18.2 Å². The number of carbonyl (C=O) groups excluding carboxylic acids is 1. The summed E-state index contributed by atoms with van der Waals surface area (Å²) in [5.41, 5.74) is 3.43. The Balaban J connectivity index is 1.41. The zero-order valence-electron chi connectivity index (χ0n) is 16.0. The lowest BCUT2D eigenvalue weighted by Crippen LogP contribution is -2.40. The third kappa shape index (κ3) is 3.37. The summed E-state index contributed by atoms with van der Waals surface area (Å²) >= 11 is 0. The number of amides is 1. The third-order valence-corrected chi connectivity index (χ3v) is 6.28. The van der Waals surface area contributed by atoms with Crippen LogP contribution in [0.2, 0.25) is 0 Å². The SMILES string of the molecule is O=C(c1ccccc1C1CCNC1)N1CCc2c(nc(CC3CC3)[nH]c2=O)C1. The van der Waals surface area contributed by atoms with E-state index in [4.69, 9.17) is 4.98 Å². The van der Waals surface area contributed by atoms with E-state index >= 15 is 0 Å². The van der Waals surface area contributed by atoms with Crippen LogP contribution in [0.1, 0.15) is 58.2 Å². The summed E-state index contributed by atoms with van der Waals surface area (Å²) in [4.78, 5) is 35.3. The number of aromatic amines is 1. The number of carbonyl (C=O) groups is 1. The lowest BCUT2D eigenvalue weighted by molar-refractivity contribution is 0.0729. The van der Waals surface area contributed by atoms with E-state index in [2.05, 4.69) is 16.4 Å². The fourth-order valence-corrected chi connectivity index (χ4v) is 4.49. The maximum Gasteiger partial charge on any atom is 0.254 e. The van der Waals surface area contributed by atoms with Gasteiger partial charge in [0.25, 0.3) is 11.5 Å². The van der Waals surface area contributed by atoms with Gasteiger partial charge in [0.1, 0.15) is 5.82 Å². The van der Waals surface area contributed by atoms with Gasteiger partial charge in [-0.05, 0) is 55.7 Å². The van der Waals surface area contributed by atoms with Crippen LogP contribution in [0.5, 0.6) is 0 Å². The van der Waals surface area contributed by atoms with Gasteiger partial charge in [-0.3, -0.25) is 9.59 Å². The van der Waals surface area contributed by atoms with E-state index in [1.807, 2.05) is 23.1 Å². The molecule has 0 bridgehead atoms. The van der Waals surface area contributed by atoms with Crippen LogP contribution in [-0.2, 0) is 19.4 Å². The smallest absolute Gasteiger partial charge is 0.254 e. The van der Waals surface area contributed by atoms with Crippen molar-refractivity contribution in [3.8, 4) is 0 Å². The van der Waals surface area contributed by atoms with E-state index in [-0.39, 0.29) is 11.5 Å². The number of nitrogens with one attached hydrogen (secondary N) is 2. The van der Waals surface area contributed by atoms with Gasteiger partial charge in [0, 0.05) is 30.6 Å². The molecule has 1 aliphatic carbocycles. The minimum atomic E-state index is -0.0230. The number of rotatable bonds is 4. The molecular formula is C22H26N4O2. The summed E-state index contributed by atoms with van der Waals surface area (Å²) in [7, 11) is 0. The molecule has 0 spiro atoms. The van der Waals surface area contributed by atoms with Gasteiger partial charge in [0.15, 0.2) is 0 Å². The second-order valence-electron chi connectivity index (χ2n) is 8.34. The lowest BCUT2D eigenvalue weighted by Gasteiger charge is -2.29. The van der Waals surface area contributed by atoms with Crippen molar-refractivity contribution in [3.63, 3.8) is 0 Å². The molecule has 2 N–H and O–H groups in total. The number of H-pyrrole nitrogens is 1. The molecule has 1 saturated heterocycles. The number of nitrogens with zero attached hydrogens (tertiary/aromatic N) is 2. The largest absolute Gasteiger partial charge is 0.332 e. The molecule has 146 valence electrons. The van der Waals surface area contributed by atoms with Crippen molar-refractivity contribution in [1.29, 1.82) is 0 Å². The molecule has 3 aliphatic rings. The number of benzene rings is 1. The van der Waals surface area contributed by atoms with Gasteiger partial charge in [0.2, 0.25) is 0 Å². The van der Waals surface area contributed by atoms with Crippen LogP contribution in [0.25, 0.3) is 0 Å². The van der Waals surface area contributed by atoms with Crippen LogP contribution in [0.15, 0.2) is 29.1 Å². The second-order valence-corrected chi connectivity index (χ2v) is 8.34. The monoisotopic (exact) mass is 378 g/mol. The zero-order valence-corrected chi connectivity index (χ0v) is 16.0. The highest BCUT2D eigenvalue weighted by atomic mass is 16.2. The molecular weight excluding hydrogens is 352 g/mol. The number of hydrogen-bond acceptors (Lipinski definition) is 4. The van der Waals surface area contributed by atoms with Crippen molar-refractivity contribution in [2.24, 2.45) is 5.92 Å². The van der Waals surface area contributed by atoms with Crippen molar-refractivity contribution in [1.82, 2.24) is 20.2 Å². The van der Waals surface area contributed by atoms with Crippen LogP contribution >= 0.6 is 0 Å². The molecule has 1 saturated carbocycles. The average molecular weight is 378 g/mol. The van der Waals surface area contributed by atoms with E-state index in [9.17, 15) is 9.59 Å². The first-order valence-electron chi connectivity index (χ1n) is 10.4. The number of hydrogen-bond donors (Lipinski definition) is 2. The highest BCUT2D eigenvalue weighted by Gasteiger charge is 2.29. The first-order chi connectivity index (χ1) is 13.7. The predicted molar refractivity (Wildman–Crippen MR) is 106 cm³/mol. The van der Waals surface area contributed by atoms with E-state index < -0.39 is 0 Å². The van der Waals surface area contributed by atoms with Crippen molar-refractivity contribution in [2.75, 3.05) is 19.6 Å². The van der Waals surface area contributed by atoms with Crippen molar-refractivity contribution in [2.45, 2.75) is 44.6 Å². The Morgan fingerprint density at radius 2 is 2.07 bits per heavy atom. The lowest BCUT2D eigenvalue weighted by atomic mass is 9.92. The predicted octanol–water partition coefficient (Wildman–Crippen LogP) is 2.00. The molecule has 1 aromatic heterocycles. The molecule has 1 unspecified atom stereocenters. The summed E-state index contributed by atoms with van der Waals surface area (Å²) in [6.45, 7) is 2.91. The quantitative estimate of drug-likeness (QED) is 0.853. The maximum atomic E-state index is 13.3. The molecule has 1 atom stereocenters. The minimum absolute atomic E-state index is 0.0230. The molecule has 1 aromatic carbocycles. The Kier molecular flexibility index (Phi) is 4.51. The summed E-state index contributed by atoms with van der Waals surface area (Å²) in [6, 6.07) is 7.98. The minimum Gasteiger partial charge on any atom is -0.332 e. The molecule has 6 nitrogen and oxygen atoms in total. The van der Waals surface area contributed by atoms with Crippen molar-refractivity contribution < 1.29 is 4.79 Å². The van der Waals surface area contributed by atoms with Crippen LogP contribution < -0.4 is 10.9 Å². The first kappa shape index (κ1) is 17.6. The van der Waals surface area contributed by atoms with Gasteiger partial charge < -0.3 is 15.2 Å². The Morgan fingerprint density at radius 3 is 2.86 bits per heavy atom. The Hall–Kier alpha value is -2.47. The normalized spacial score (nSPS) is 21.6. The Bertz CT molecular complexity index is 957. The van der Waals surface area contributed by atoms with Gasteiger partial charge in [-0.2, -0.15) is 0 Å². The number of aromatic nitrogens is 2. The topological polar surface area (TPSA) is 78.1 Å². The fraction of sp³-hybridized carbons (Fsp3) is 0.500. The van der Waals surface area contributed by atoms with Gasteiger partial charge >= 0.3 is 0 Å². The Labute approximate surface area is 164 Å². The summed E-state index contributed by atoms with van der Waals surface area (Å²) in [6.07, 6.45) is 4.92. The third-order valence-electron chi connectivity index (χ3n) is 6.28. The summed E-state index contributed by atoms with van der Waals surface area (Å²) < 4.78 is 0. The molecule has 2 aliphatic heterocycles. The second kappa shape index (κ2) is 7.17. The van der Waals surface area contributed by atoms with Gasteiger partial charge in [-0.25, -0.2) is 4.98 Å². The highest BCUT2D eigenvalue weighted by Crippen LogP contribution is 2.32. The highest BCUT2D eigenvalue weighted by molar-refractivity contribution is 5.96.